The van der Waals surface area contributed by atoms with Crippen LogP contribution in [-0.2, 0) is 12.8 Å². The van der Waals surface area contributed by atoms with Gasteiger partial charge < -0.3 is 4.98 Å². The molecule has 0 aliphatic heterocycles. The molecule has 5 nitrogen and oxygen atoms in total. The molecule has 25 heavy (non-hydrogen) atoms. The van der Waals surface area contributed by atoms with E-state index in [0.717, 1.165) is 18.4 Å². The molecule has 126 valence electrons. The van der Waals surface area contributed by atoms with E-state index < -0.39 is 0 Å². The van der Waals surface area contributed by atoms with Crippen LogP contribution >= 0.6 is 0 Å². The van der Waals surface area contributed by atoms with Gasteiger partial charge in [0.15, 0.2) is 0 Å². The SMILES string of the molecule is O=C(NNC(=O)c1ccccc1CCc1ccccc1)c1ccc[nH]1. The predicted molar refractivity (Wildman–Crippen MR) is 96.0 cm³/mol. The van der Waals surface area contributed by atoms with E-state index in [4.69, 9.17) is 0 Å². The van der Waals surface area contributed by atoms with Crippen molar-refractivity contribution in [2.24, 2.45) is 0 Å². The van der Waals surface area contributed by atoms with Crippen molar-refractivity contribution < 1.29 is 9.59 Å². The molecule has 1 aromatic heterocycles. The highest BCUT2D eigenvalue weighted by Crippen LogP contribution is 2.12. The Kier molecular flexibility index (Phi) is 5.26. The van der Waals surface area contributed by atoms with Crippen molar-refractivity contribution in [3.05, 3.63) is 95.3 Å². The molecule has 0 atom stereocenters. The highest BCUT2D eigenvalue weighted by Gasteiger charge is 2.12. The van der Waals surface area contributed by atoms with Crippen LogP contribution in [0.4, 0.5) is 0 Å². The van der Waals surface area contributed by atoms with E-state index in [1.807, 2.05) is 36.4 Å². The van der Waals surface area contributed by atoms with Gasteiger partial charge in [-0.15, -0.1) is 0 Å². The molecule has 0 unspecified atom stereocenters. The van der Waals surface area contributed by atoms with Gasteiger partial charge in [-0.3, -0.25) is 20.4 Å². The van der Waals surface area contributed by atoms with E-state index in [9.17, 15) is 9.59 Å². The Bertz CT molecular complexity index is 842. The number of nitrogens with one attached hydrogen (secondary N) is 3. The molecule has 0 aliphatic carbocycles. The monoisotopic (exact) mass is 333 g/mol. The van der Waals surface area contributed by atoms with E-state index in [1.54, 1.807) is 24.4 Å². The summed E-state index contributed by atoms with van der Waals surface area (Å²) in [5, 5.41) is 0. The van der Waals surface area contributed by atoms with E-state index in [-0.39, 0.29) is 11.8 Å². The van der Waals surface area contributed by atoms with Crippen molar-refractivity contribution in [1.82, 2.24) is 15.8 Å². The number of hydrazine groups is 1. The zero-order valence-corrected chi connectivity index (χ0v) is 13.7. The Balaban J connectivity index is 1.63. The standard InChI is InChI=1S/C20H19N3O2/c24-19(22-23-20(25)18-11-6-14-21-18)17-10-5-4-9-16(17)13-12-15-7-2-1-3-8-15/h1-11,14,21H,12-13H2,(H,22,24)(H,23,25). The molecular formula is C20H19N3O2. The van der Waals surface area contributed by atoms with Gasteiger partial charge >= 0.3 is 0 Å². The number of hydrogen-bond donors (Lipinski definition) is 3. The molecule has 3 rings (SSSR count). The molecule has 2 amide bonds. The molecule has 0 saturated carbocycles. The number of hydrogen-bond acceptors (Lipinski definition) is 2. The van der Waals surface area contributed by atoms with Crippen molar-refractivity contribution in [2.75, 3.05) is 0 Å². The average Bonchev–Trinajstić information content (AvgIpc) is 3.20. The van der Waals surface area contributed by atoms with Gasteiger partial charge in [0, 0.05) is 11.8 Å². The number of aromatic nitrogens is 1. The Morgan fingerprint density at radius 1 is 0.760 bits per heavy atom. The summed E-state index contributed by atoms with van der Waals surface area (Å²) in [6, 6.07) is 20.9. The molecule has 0 bridgehead atoms. The summed E-state index contributed by atoms with van der Waals surface area (Å²) in [6.07, 6.45) is 3.24. The van der Waals surface area contributed by atoms with Gasteiger partial charge in [0.05, 0.1) is 0 Å². The molecular weight excluding hydrogens is 314 g/mol. The summed E-state index contributed by atoms with van der Waals surface area (Å²) in [6.45, 7) is 0. The van der Waals surface area contributed by atoms with Gasteiger partial charge in [-0.25, -0.2) is 0 Å². The number of benzene rings is 2. The quantitative estimate of drug-likeness (QED) is 0.628. The lowest BCUT2D eigenvalue weighted by atomic mass is 9.99. The third kappa shape index (κ3) is 4.35. The minimum Gasteiger partial charge on any atom is -0.357 e. The molecule has 0 fully saturated rings. The second-order valence-corrected chi connectivity index (χ2v) is 5.63. The summed E-state index contributed by atoms with van der Waals surface area (Å²) in [7, 11) is 0. The van der Waals surface area contributed by atoms with E-state index in [1.165, 1.54) is 5.56 Å². The van der Waals surface area contributed by atoms with Crippen molar-refractivity contribution in [3.8, 4) is 0 Å². The Morgan fingerprint density at radius 3 is 2.24 bits per heavy atom. The normalized spacial score (nSPS) is 10.2. The first kappa shape index (κ1) is 16.5. The van der Waals surface area contributed by atoms with Crippen LogP contribution in [-0.4, -0.2) is 16.8 Å². The average molecular weight is 333 g/mol. The zero-order chi connectivity index (χ0) is 17.5. The van der Waals surface area contributed by atoms with Crippen LogP contribution in [0.3, 0.4) is 0 Å². The van der Waals surface area contributed by atoms with Crippen LogP contribution < -0.4 is 10.9 Å². The van der Waals surface area contributed by atoms with Crippen molar-refractivity contribution >= 4 is 11.8 Å². The molecule has 1 heterocycles. The number of H-pyrrole nitrogens is 1. The minimum atomic E-state index is -0.389. The third-order valence-corrected chi connectivity index (χ3v) is 3.92. The van der Waals surface area contributed by atoms with Gasteiger partial charge in [-0.2, -0.15) is 0 Å². The number of aromatic amines is 1. The Labute approximate surface area is 146 Å². The zero-order valence-electron chi connectivity index (χ0n) is 13.7. The van der Waals surface area contributed by atoms with Crippen LogP contribution in [0.5, 0.6) is 0 Å². The fourth-order valence-electron chi connectivity index (χ4n) is 2.60. The van der Waals surface area contributed by atoms with Crippen molar-refractivity contribution in [3.63, 3.8) is 0 Å². The maximum atomic E-state index is 12.4. The number of amides is 2. The lowest BCUT2D eigenvalue weighted by Crippen LogP contribution is -2.42. The second-order valence-electron chi connectivity index (χ2n) is 5.63. The molecule has 3 aromatic rings. The largest absolute Gasteiger partial charge is 0.357 e. The van der Waals surface area contributed by atoms with Gasteiger partial charge in [-0.05, 0) is 42.2 Å². The van der Waals surface area contributed by atoms with Crippen LogP contribution in [0.2, 0.25) is 0 Å². The topological polar surface area (TPSA) is 74.0 Å². The van der Waals surface area contributed by atoms with Crippen LogP contribution in [0.25, 0.3) is 0 Å². The predicted octanol–water partition coefficient (Wildman–Crippen LogP) is 2.87. The molecule has 5 heteroatoms. The first-order valence-electron chi connectivity index (χ1n) is 8.10. The van der Waals surface area contributed by atoms with Crippen LogP contribution in [0.15, 0.2) is 72.9 Å². The van der Waals surface area contributed by atoms with Gasteiger partial charge in [-0.1, -0.05) is 48.5 Å². The van der Waals surface area contributed by atoms with Gasteiger partial charge in [0.2, 0.25) is 0 Å². The fraction of sp³-hybridized carbons (Fsp3) is 0.100. The molecule has 0 aliphatic rings. The van der Waals surface area contributed by atoms with E-state index in [0.29, 0.717) is 11.3 Å². The van der Waals surface area contributed by atoms with Crippen LogP contribution in [0.1, 0.15) is 32.0 Å². The summed E-state index contributed by atoms with van der Waals surface area (Å²) in [5.41, 5.74) is 7.99. The number of aryl methyl sites for hydroxylation is 2. The number of carbonyl (C=O) groups is 2. The lowest BCUT2D eigenvalue weighted by molar-refractivity contribution is 0.0843. The smallest absolute Gasteiger partial charge is 0.286 e. The summed E-state index contributed by atoms with van der Waals surface area (Å²) in [4.78, 5) is 27.1. The summed E-state index contributed by atoms with van der Waals surface area (Å²) >= 11 is 0. The number of carbonyl (C=O) groups excluding carboxylic acids is 2. The van der Waals surface area contributed by atoms with Gasteiger partial charge in [0.1, 0.15) is 5.69 Å². The third-order valence-electron chi connectivity index (χ3n) is 3.92. The molecule has 3 N–H and O–H groups in total. The first-order chi connectivity index (χ1) is 12.2. The minimum absolute atomic E-state index is 0.330. The molecule has 0 radical (unpaired) electrons. The maximum Gasteiger partial charge on any atom is 0.286 e. The summed E-state index contributed by atoms with van der Waals surface area (Å²) in [5.74, 6) is -0.719. The van der Waals surface area contributed by atoms with Crippen LogP contribution in [0, 0.1) is 0 Å². The Morgan fingerprint density at radius 2 is 1.48 bits per heavy atom. The van der Waals surface area contributed by atoms with E-state index >= 15 is 0 Å². The highest BCUT2D eigenvalue weighted by molar-refractivity contribution is 5.99. The van der Waals surface area contributed by atoms with Crippen molar-refractivity contribution in [2.45, 2.75) is 12.8 Å². The maximum absolute atomic E-state index is 12.4. The Hall–Kier alpha value is -3.34. The molecule has 0 spiro atoms. The summed E-state index contributed by atoms with van der Waals surface area (Å²) < 4.78 is 0. The second kappa shape index (κ2) is 7.97. The molecule has 0 saturated heterocycles. The highest BCUT2D eigenvalue weighted by atomic mass is 16.2. The fourth-order valence-corrected chi connectivity index (χ4v) is 2.60. The first-order valence-corrected chi connectivity index (χ1v) is 8.10. The van der Waals surface area contributed by atoms with Crippen molar-refractivity contribution in [1.29, 1.82) is 0 Å². The molecule has 2 aromatic carbocycles. The lowest BCUT2D eigenvalue weighted by Gasteiger charge is -2.11. The van der Waals surface area contributed by atoms with E-state index in [2.05, 4.69) is 28.0 Å². The van der Waals surface area contributed by atoms with Gasteiger partial charge in [0.25, 0.3) is 11.8 Å². The number of rotatable bonds is 5.